The van der Waals surface area contributed by atoms with Gasteiger partial charge in [0.1, 0.15) is 0 Å². The van der Waals surface area contributed by atoms with E-state index in [9.17, 15) is 0 Å². The molecule has 0 aromatic heterocycles. The number of aliphatic imine (C=N–C) groups is 1. The van der Waals surface area contributed by atoms with Crippen LogP contribution in [-0.2, 0) is 0 Å². The molecule has 5 aromatic rings. The third-order valence-electron chi connectivity index (χ3n) is 6.76. The van der Waals surface area contributed by atoms with E-state index in [1.807, 2.05) is 0 Å². The predicted molar refractivity (Wildman–Crippen MR) is 153 cm³/mol. The zero-order chi connectivity index (χ0) is 24.4. The molecular weight excluding hydrogens is 422 g/mol. The first kappa shape index (κ1) is 22.8. The van der Waals surface area contributed by atoms with Crippen molar-refractivity contribution < 1.29 is 0 Å². The van der Waals surface area contributed by atoms with Crippen molar-refractivity contribution in [2.75, 3.05) is 0 Å². The molecule has 35 heavy (non-hydrogen) atoms. The maximum absolute atomic E-state index is 5.49. The second-order valence-electron chi connectivity index (χ2n) is 9.50. The molecule has 0 amide bonds. The van der Waals surface area contributed by atoms with Crippen LogP contribution in [0.5, 0.6) is 0 Å². The predicted octanol–water partition coefficient (Wildman–Crippen LogP) is 9.33. The normalized spacial score (nSPS) is 12.9. The van der Waals surface area contributed by atoms with Crippen LogP contribution in [0.25, 0.3) is 32.8 Å². The monoisotopic (exact) mass is 453 g/mol. The Morgan fingerprint density at radius 1 is 0.629 bits per heavy atom. The lowest BCUT2D eigenvalue weighted by Crippen LogP contribution is -2.10. The average Bonchev–Trinajstić information content (AvgIpc) is 2.89. The number of hydrogen-bond donors (Lipinski definition) is 0. The first-order valence-electron chi connectivity index (χ1n) is 12.4. The molecule has 0 aliphatic rings. The summed E-state index contributed by atoms with van der Waals surface area (Å²) < 4.78 is 0. The van der Waals surface area contributed by atoms with Gasteiger partial charge in [-0.3, -0.25) is 4.99 Å². The average molecular weight is 454 g/mol. The summed E-state index contributed by atoms with van der Waals surface area (Å²) >= 11 is 0. The number of benzene rings is 5. The van der Waals surface area contributed by atoms with Crippen molar-refractivity contribution in [1.82, 2.24) is 0 Å². The van der Waals surface area contributed by atoms with Crippen LogP contribution < -0.4 is 0 Å². The van der Waals surface area contributed by atoms with Crippen LogP contribution >= 0.6 is 0 Å². The molecule has 0 bridgehead atoms. The second-order valence-corrected chi connectivity index (χ2v) is 9.50. The Hall–Kier alpha value is -3.97. The number of fused-ring (bicyclic) bond motifs is 2. The van der Waals surface area contributed by atoms with Crippen molar-refractivity contribution in [2.24, 2.45) is 10.9 Å². The fourth-order valence-electron chi connectivity index (χ4n) is 5.03. The quantitative estimate of drug-likeness (QED) is 0.186. The van der Waals surface area contributed by atoms with E-state index in [1.54, 1.807) is 0 Å². The fourth-order valence-corrected chi connectivity index (χ4v) is 5.03. The summed E-state index contributed by atoms with van der Waals surface area (Å²) in [6.45, 7) is 8.89. The van der Waals surface area contributed by atoms with Crippen molar-refractivity contribution in [3.63, 3.8) is 0 Å². The Labute approximate surface area is 208 Å². The van der Waals surface area contributed by atoms with E-state index in [2.05, 4.69) is 137 Å². The van der Waals surface area contributed by atoms with E-state index in [4.69, 9.17) is 4.99 Å². The fraction of sp³-hybridized carbons (Fsp3) is 0.147. The van der Waals surface area contributed by atoms with Crippen molar-refractivity contribution in [3.05, 3.63) is 131 Å². The Morgan fingerprint density at radius 2 is 1.23 bits per heavy atom. The maximum atomic E-state index is 5.49. The standard InChI is InChI=1S/C34H31N/c1-23(2)33(28-15-6-5-7-16-28)35-34(31-20-12-17-26-13-8-10-18-29(26)31)25(4)32-24(3)21-22-27-14-9-11-19-30(27)32/h5-23H,1-4H3/b34-25+,35-33?. The molecule has 0 radical (unpaired) electrons. The Bertz CT molecular complexity index is 1560. The van der Waals surface area contributed by atoms with Gasteiger partial charge in [-0.2, -0.15) is 0 Å². The third-order valence-corrected chi connectivity index (χ3v) is 6.76. The number of aryl methyl sites for hydroxylation is 1. The van der Waals surface area contributed by atoms with Crippen LogP contribution in [0.2, 0.25) is 0 Å². The number of hydrogen-bond acceptors (Lipinski definition) is 1. The molecule has 0 heterocycles. The zero-order valence-electron chi connectivity index (χ0n) is 20.9. The summed E-state index contributed by atoms with van der Waals surface area (Å²) in [6.07, 6.45) is 0. The number of allylic oxidation sites excluding steroid dienone is 1. The molecule has 1 heteroatoms. The molecule has 0 fully saturated rings. The van der Waals surface area contributed by atoms with Gasteiger partial charge in [0.05, 0.1) is 11.4 Å². The molecule has 0 aliphatic heterocycles. The van der Waals surface area contributed by atoms with E-state index in [0.717, 1.165) is 11.4 Å². The zero-order valence-corrected chi connectivity index (χ0v) is 20.9. The minimum atomic E-state index is 0.281. The van der Waals surface area contributed by atoms with Gasteiger partial charge in [-0.1, -0.05) is 123 Å². The molecule has 1 nitrogen and oxygen atoms in total. The van der Waals surface area contributed by atoms with Gasteiger partial charge in [-0.25, -0.2) is 0 Å². The third kappa shape index (κ3) is 4.42. The van der Waals surface area contributed by atoms with Crippen LogP contribution in [0.4, 0.5) is 0 Å². The van der Waals surface area contributed by atoms with E-state index < -0.39 is 0 Å². The Kier molecular flexibility index (Phi) is 6.33. The van der Waals surface area contributed by atoms with Crippen molar-refractivity contribution >= 4 is 38.5 Å². The molecule has 172 valence electrons. The lowest BCUT2D eigenvalue weighted by molar-refractivity contribution is 0.885. The second kappa shape index (κ2) is 9.72. The Balaban J connectivity index is 1.89. The number of rotatable bonds is 5. The van der Waals surface area contributed by atoms with Gasteiger partial charge >= 0.3 is 0 Å². The van der Waals surface area contributed by atoms with Crippen LogP contribution in [-0.4, -0.2) is 5.71 Å². The van der Waals surface area contributed by atoms with Crippen molar-refractivity contribution in [1.29, 1.82) is 0 Å². The summed E-state index contributed by atoms with van der Waals surface area (Å²) in [7, 11) is 0. The van der Waals surface area contributed by atoms with E-state index in [0.29, 0.717) is 0 Å². The Morgan fingerprint density at radius 3 is 1.94 bits per heavy atom. The molecular formula is C34H31N. The minimum Gasteiger partial charge on any atom is -0.252 e. The molecule has 0 aliphatic carbocycles. The smallest absolute Gasteiger partial charge is 0.0747 e. The molecule has 0 spiro atoms. The summed E-state index contributed by atoms with van der Waals surface area (Å²) in [5.41, 5.74) is 8.21. The highest BCUT2D eigenvalue weighted by Crippen LogP contribution is 2.37. The molecule has 0 saturated heterocycles. The highest BCUT2D eigenvalue weighted by atomic mass is 14.8. The molecule has 5 rings (SSSR count). The van der Waals surface area contributed by atoms with Crippen LogP contribution in [0, 0.1) is 12.8 Å². The molecule has 0 atom stereocenters. The van der Waals surface area contributed by atoms with Gasteiger partial charge in [0, 0.05) is 5.56 Å². The van der Waals surface area contributed by atoms with Crippen LogP contribution in [0.15, 0.2) is 114 Å². The van der Waals surface area contributed by atoms with E-state index in [1.165, 1.54) is 49.4 Å². The summed E-state index contributed by atoms with van der Waals surface area (Å²) in [6, 6.07) is 38.8. The first-order valence-corrected chi connectivity index (χ1v) is 12.4. The van der Waals surface area contributed by atoms with Crippen molar-refractivity contribution in [2.45, 2.75) is 27.7 Å². The van der Waals surface area contributed by atoms with Gasteiger partial charge in [-0.05, 0) is 63.6 Å². The summed E-state index contributed by atoms with van der Waals surface area (Å²) in [4.78, 5) is 5.49. The lowest BCUT2D eigenvalue weighted by atomic mass is 9.90. The highest BCUT2D eigenvalue weighted by molar-refractivity contribution is 6.11. The topological polar surface area (TPSA) is 12.4 Å². The van der Waals surface area contributed by atoms with E-state index in [-0.39, 0.29) is 5.92 Å². The molecule has 0 unspecified atom stereocenters. The molecule has 0 N–H and O–H groups in total. The highest BCUT2D eigenvalue weighted by Gasteiger charge is 2.17. The maximum Gasteiger partial charge on any atom is 0.0747 e. The SMILES string of the molecule is C/C(=C(\N=C(c1ccccc1)C(C)C)c1cccc2ccccc12)c1c(C)ccc2ccccc12. The minimum absolute atomic E-state index is 0.281. The van der Waals surface area contributed by atoms with Gasteiger partial charge in [0.25, 0.3) is 0 Å². The summed E-state index contributed by atoms with van der Waals surface area (Å²) in [5, 5.41) is 4.97. The van der Waals surface area contributed by atoms with Gasteiger partial charge in [0.2, 0.25) is 0 Å². The van der Waals surface area contributed by atoms with Crippen LogP contribution in [0.1, 0.15) is 43.0 Å². The van der Waals surface area contributed by atoms with E-state index >= 15 is 0 Å². The van der Waals surface area contributed by atoms with Gasteiger partial charge in [-0.15, -0.1) is 0 Å². The molecule has 0 saturated carbocycles. The van der Waals surface area contributed by atoms with Gasteiger partial charge in [0.15, 0.2) is 0 Å². The first-order chi connectivity index (χ1) is 17.0. The lowest BCUT2D eigenvalue weighted by Gasteiger charge is -2.18. The van der Waals surface area contributed by atoms with Gasteiger partial charge < -0.3 is 0 Å². The van der Waals surface area contributed by atoms with Crippen LogP contribution in [0.3, 0.4) is 0 Å². The largest absolute Gasteiger partial charge is 0.252 e. The number of nitrogens with zero attached hydrogens (tertiary/aromatic N) is 1. The summed E-state index contributed by atoms with van der Waals surface area (Å²) in [5.74, 6) is 0.281. The molecule has 5 aromatic carbocycles. The van der Waals surface area contributed by atoms with Crippen molar-refractivity contribution in [3.8, 4) is 0 Å².